The second kappa shape index (κ2) is 8.13. The minimum atomic E-state index is -0.0255. The third-order valence-corrected chi connectivity index (χ3v) is 4.86. The van der Waals surface area contributed by atoms with Gasteiger partial charge in [-0.3, -0.25) is 0 Å². The minimum absolute atomic E-state index is 0.0255. The average molecular weight is 240 g/mol. The van der Waals surface area contributed by atoms with E-state index in [0.29, 0.717) is 5.92 Å². The smallest absolute Gasteiger partial charge is 0.0571 e. The summed E-state index contributed by atoms with van der Waals surface area (Å²) in [6, 6.07) is 0. The van der Waals surface area contributed by atoms with E-state index in [1.54, 1.807) is 0 Å². The highest BCUT2D eigenvalue weighted by Gasteiger charge is 2.27. The summed E-state index contributed by atoms with van der Waals surface area (Å²) in [5.41, 5.74) is 0. The molecule has 1 nitrogen and oxygen atoms in total. The zero-order valence-corrected chi connectivity index (χ0v) is 12.1. The number of aliphatic hydroxyl groups excluding tert-OH is 1. The molecule has 0 aromatic carbocycles. The van der Waals surface area contributed by atoms with Crippen LogP contribution in [0.15, 0.2) is 0 Å². The van der Waals surface area contributed by atoms with E-state index in [4.69, 9.17) is 0 Å². The molecule has 1 heteroatoms. The Labute approximate surface area is 108 Å². The Morgan fingerprint density at radius 2 is 1.59 bits per heavy atom. The van der Waals surface area contributed by atoms with Gasteiger partial charge in [-0.05, 0) is 37.0 Å². The quantitative estimate of drug-likeness (QED) is 0.679. The summed E-state index contributed by atoms with van der Waals surface area (Å²) in [6.45, 7) is 6.78. The summed E-state index contributed by atoms with van der Waals surface area (Å²) < 4.78 is 0. The van der Waals surface area contributed by atoms with Crippen LogP contribution in [-0.4, -0.2) is 11.2 Å². The summed E-state index contributed by atoms with van der Waals surface area (Å²) in [5.74, 6) is 2.29. The highest BCUT2D eigenvalue weighted by Crippen LogP contribution is 2.35. The van der Waals surface area contributed by atoms with Gasteiger partial charge in [0.25, 0.3) is 0 Å². The van der Waals surface area contributed by atoms with Gasteiger partial charge in [0, 0.05) is 0 Å². The topological polar surface area (TPSA) is 20.2 Å². The summed E-state index contributed by atoms with van der Waals surface area (Å²) in [4.78, 5) is 0. The number of rotatable bonds is 7. The van der Waals surface area contributed by atoms with Crippen LogP contribution < -0.4 is 0 Å². The Balaban J connectivity index is 2.27. The predicted octanol–water partition coefficient (Wildman–Crippen LogP) is 4.78. The second-order valence-electron chi connectivity index (χ2n) is 6.06. The van der Waals surface area contributed by atoms with Crippen molar-refractivity contribution < 1.29 is 5.11 Å². The molecular weight excluding hydrogens is 208 g/mol. The zero-order valence-electron chi connectivity index (χ0n) is 12.1. The molecule has 17 heavy (non-hydrogen) atoms. The van der Waals surface area contributed by atoms with Crippen LogP contribution in [0.3, 0.4) is 0 Å². The molecule has 0 saturated heterocycles. The molecule has 0 aromatic heterocycles. The van der Waals surface area contributed by atoms with Crippen LogP contribution in [0.25, 0.3) is 0 Å². The van der Waals surface area contributed by atoms with Crippen LogP contribution in [0.1, 0.15) is 78.6 Å². The average Bonchev–Trinajstić information content (AvgIpc) is 2.37. The lowest BCUT2D eigenvalue weighted by Crippen LogP contribution is -2.27. The zero-order chi connectivity index (χ0) is 12.7. The van der Waals surface area contributed by atoms with Crippen LogP contribution >= 0.6 is 0 Å². The van der Waals surface area contributed by atoms with E-state index >= 15 is 0 Å². The van der Waals surface area contributed by atoms with Crippen molar-refractivity contribution in [1.82, 2.24) is 0 Å². The van der Waals surface area contributed by atoms with Gasteiger partial charge in [0.2, 0.25) is 0 Å². The van der Waals surface area contributed by atoms with Crippen LogP contribution in [0.5, 0.6) is 0 Å². The Kier molecular flexibility index (Phi) is 7.18. The molecule has 1 unspecified atom stereocenters. The van der Waals surface area contributed by atoms with Gasteiger partial charge in [0.15, 0.2) is 0 Å². The van der Waals surface area contributed by atoms with E-state index in [9.17, 15) is 5.11 Å². The molecule has 1 fully saturated rings. The first-order valence-corrected chi connectivity index (χ1v) is 7.89. The first kappa shape index (κ1) is 15.0. The Morgan fingerprint density at radius 1 is 1.00 bits per heavy atom. The Morgan fingerprint density at radius 3 is 2.06 bits per heavy atom. The number of hydrogen-bond acceptors (Lipinski definition) is 1. The van der Waals surface area contributed by atoms with Crippen molar-refractivity contribution in [3.05, 3.63) is 0 Å². The van der Waals surface area contributed by atoms with Crippen molar-refractivity contribution >= 4 is 0 Å². The van der Waals surface area contributed by atoms with Crippen molar-refractivity contribution in [2.24, 2.45) is 17.8 Å². The van der Waals surface area contributed by atoms with Crippen LogP contribution in [0.4, 0.5) is 0 Å². The van der Waals surface area contributed by atoms with Crippen LogP contribution in [0, 0.1) is 17.8 Å². The summed E-state index contributed by atoms with van der Waals surface area (Å²) in [6.07, 6.45) is 11.4. The molecule has 1 aliphatic rings. The van der Waals surface area contributed by atoms with E-state index in [1.165, 1.54) is 51.4 Å². The molecular formula is C16H32O. The fourth-order valence-electron chi connectivity index (χ4n) is 3.43. The molecule has 0 amide bonds. The van der Waals surface area contributed by atoms with Gasteiger partial charge >= 0.3 is 0 Å². The van der Waals surface area contributed by atoms with E-state index in [0.717, 1.165) is 18.3 Å². The van der Waals surface area contributed by atoms with Gasteiger partial charge in [0.1, 0.15) is 0 Å². The van der Waals surface area contributed by atoms with Crippen molar-refractivity contribution in [2.45, 2.75) is 84.7 Å². The summed E-state index contributed by atoms with van der Waals surface area (Å²) in [7, 11) is 0. The molecule has 0 aromatic rings. The SMILES string of the molecule is CCCC1CCC(C(O)CC(CC)CC)CC1. The summed E-state index contributed by atoms with van der Waals surface area (Å²) >= 11 is 0. The molecule has 102 valence electrons. The highest BCUT2D eigenvalue weighted by atomic mass is 16.3. The fraction of sp³-hybridized carbons (Fsp3) is 1.00. The standard InChI is InChI=1S/C16H32O/c1-4-7-14-8-10-15(11-9-14)16(17)12-13(5-2)6-3/h13-17H,4-12H2,1-3H3. The normalized spacial score (nSPS) is 27.4. The molecule has 0 heterocycles. The van der Waals surface area contributed by atoms with E-state index in [1.807, 2.05) is 0 Å². The minimum Gasteiger partial charge on any atom is -0.393 e. The lowest BCUT2D eigenvalue weighted by Gasteiger charge is -2.32. The first-order chi connectivity index (χ1) is 8.21. The van der Waals surface area contributed by atoms with Crippen molar-refractivity contribution in [3.63, 3.8) is 0 Å². The molecule has 1 saturated carbocycles. The number of hydrogen-bond donors (Lipinski definition) is 1. The van der Waals surface area contributed by atoms with Gasteiger partial charge in [-0.15, -0.1) is 0 Å². The van der Waals surface area contributed by atoms with Crippen LogP contribution in [0.2, 0.25) is 0 Å². The van der Waals surface area contributed by atoms with Crippen molar-refractivity contribution in [2.75, 3.05) is 0 Å². The Hall–Kier alpha value is -0.0400. The lowest BCUT2D eigenvalue weighted by molar-refractivity contribution is 0.0511. The van der Waals surface area contributed by atoms with Gasteiger partial charge in [0.05, 0.1) is 6.10 Å². The predicted molar refractivity (Wildman–Crippen MR) is 75.1 cm³/mol. The monoisotopic (exact) mass is 240 g/mol. The molecule has 1 atom stereocenters. The third-order valence-electron chi connectivity index (χ3n) is 4.86. The molecule has 1 aliphatic carbocycles. The fourth-order valence-corrected chi connectivity index (χ4v) is 3.43. The molecule has 0 bridgehead atoms. The van der Waals surface area contributed by atoms with E-state index in [2.05, 4.69) is 20.8 Å². The van der Waals surface area contributed by atoms with E-state index < -0.39 is 0 Å². The molecule has 0 radical (unpaired) electrons. The maximum Gasteiger partial charge on any atom is 0.0571 e. The van der Waals surface area contributed by atoms with Crippen LogP contribution in [-0.2, 0) is 0 Å². The van der Waals surface area contributed by atoms with Gasteiger partial charge in [-0.25, -0.2) is 0 Å². The van der Waals surface area contributed by atoms with Gasteiger partial charge in [-0.1, -0.05) is 59.3 Å². The lowest BCUT2D eigenvalue weighted by atomic mass is 9.76. The van der Waals surface area contributed by atoms with Crippen molar-refractivity contribution in [3.8, 4) is 0 Å². The first-order valence-electron chi connectivity index (χ1n) is 7.89. The second-order valence-corrected chi connectivity index (χ2v) is 6.06. The maximum absolute atomic E-state index is 10.3. The molecule has 1 N–H and O–H groups in total. The third kappa shape index (κ3) is 4.99. The van der Waals surface area contributed by atoms with E-state index in [-0.39, 0.29) is 6.10 Å². The Bertz CT molecular complexity index is 178. The number of aliphatic hydroxyl groups is 1. The van der Waals surface area contributed by atoms with Gasteiger partial charge < -0.3 is 5.11 Å². The highest BCUT2D eigenvalue weighted by molar-refractivity contribution is 4.78. The van der Waals surface area contributed by atoms with Crippen molar-refractivity contribution in [1.29, 1.82) is 0 Å². The molecule has 1 rings (SSSR count). The molecule has 0 spiro atoms. The largest absolute Gasteiger partial charge is 0.393 e. The summed E-state index contributed by atoms with van der Waals surface area (Å²) in [5, 5.41) is 10.3. The van der Waals surface area contributed by atoms with Gasteiger partial charge in [-0.2, -0.15) is 0 Å². The molecule has 0 aliphatic heterocycles. The maximum atomic E-state index is 10.3.